The van der Waals surface area contributed by atoms with E-state index in [1.54, 1.807) is 13.0 Å². The van der Waals surface area contributed by atoms with Gasteiger partial charge in [0.15, 0.2) is 6.61 Å². The Labute approximate surface area is 114 Å². The maximum absolute atomic E-state index is 11.6. The highest BCUT2D eigenvalue weighted by molar-refractivity contribution is 5.93. The molecule has 104 valence electrons. The Morgan fingerprint density at radius 1 is 1.35 bits per heavy atom. The number of rotatable bonds is 5. The quantitative estimate of drug-likeness (QED) is 0.861. The zero-order valence-electron chi connectivity index (χ0n) is 10.6. The number of carboxylic acid groups (broad SMARTS) is 1. The lowest BCUT2D eigenvalue weighted by Gasteiger charge is -2.05. The summed E-state index contributed by atoms with van der Waals surface area (Å²) in [5.74, 6) is -0.579. The third-order valence-corrected chi connectivity index (χ3v) is 2.37. The van der Waals surface area contributed by atoms with Crippen LogP contribution >= 0.6 is 0 Å². The van der Waals surface area contributed by atoms with Crippen LogP contribution in [0.2, 0.25) is 0 Å². The molecule has 20 heavy (non-hydrogen) atoms. The zero-order valence-corrected chi connectivity index (χ0v) is 10.6. The number of amides is 1. The highest BCUT2D eigenvalue weighted by atomic mass is 16.5. The van der Waals surface area contributed by atoms with Gasteiger partial charge < -0.3 is 19.7 Å². The molecule has 0 bridgehead atoms. The van der Waals surface area contributed by atoms with Gasteiger partial charge in [-0.1, -0.05) is 0 Å². The Hall–Kier alpha value is -2.83. The van der Waals surface area contributed by atoms with Crippen LogP contribution in [0.3, 0.4) is 0 Å². The summed E-state index contributed by atoms with van der Waals surface area (Å²) >= 11 is 0. The number of aromatic carboxylic acids is 1. The van der Waals surface area contributed by atoms with Crippen molar-refractivity contribution in [3.8, 4) is 5.88 Å². The average molecular weight is 276 g/mol. The second-order valence-corrected chi connectivity index (χ2v) is 4.00. The molecule has 1 amide bonds. The van der Waals surface area contributed by atoms with Crippen LogP contribution in [0.15, 0.2) is 34.9 Å². The van der Waals surface area contributed by atoms with Crippen LogP contribution in [0.4, 0.5) is 5.69 Å². The molecule has 0 radical (unpaired) electrons. The maximum Gasteiger partial charge on any atom is 0.335 e. The molecule has 2 aromatic rings. The minimum Gasteiger partial charge on any atom is -0.478 e. The molecule has 7 nitrogen and oxygen atoms in total. The fraction of sp³-hybridized carbons (Fsp3) is 0.154. The van der Waals surface area contributed by atoms with Crippen molar-refractivity contribution in [2.45, 2.75) is 6.92 Å². The monoisotopic (exact) mass is 276 g/mol. The van der Waals surface area contributed by atoms with Crippen LogP contribution in [0.25, 0.3) is 0 Å². The van der Waals surface area contributed by atoms with E-state index in [0.29, 0.717) is 11.4 Å². The number of carbonyl (C=O) groups excluding carboxylic acids is 1. The Morgan fingerprint density at radius 3 is 2.60 bits per heavy atom. The summed E-state index contributed by atoms with van der Waals surface area (Å²) in [6.07, 6.45) is 0. The molecule has 1 aromatic heterocycles. The van der Waals surface area contributed by atoms with E-state index < -0.39 is 5.97 Å². The van der Waals surface area contributed by atoms with E-state index in [0.717, 1.165) is 0 Å². The Balaban J connectivity index is 1.86. The molecule has 0 aliphatic heterocycles. The lowest BCUT2D eigenvalue weighted by molar-refractivity contribution is -0.118. The molecule has 1 heterocycles. The first-order chi connectivity index (χ1) is 9.54. The van der Waals surface area contributed by atoms with E-state index in [1.807, 2.05) is 0 Å². The van der Waals surface area contributed by atoms with Gasteiger partial charge in [-0.2, -0.15) is 0 Å². The largest absolute Gasteiger partial charge is 0.478 e. The number of hydrogen-bond donors (Lipinski definition) is 2. The first-order valence-corrected chi connectivity index (χ1v) is 5.74. The van der Waals surface area contributed by atoms with Gasteiger partial charge in [-0.25, -0.2) is 4.79 Å². The van der Waals surface area contributed by atoms with Gasteiger partial charge in [0.05, 0.1) is 5.56 Å². The molecule has 0 saturated heterocycles. The topological polar surface area (TPSA) is 102 Å². The molecule has 0 saturated carbocycles. The van der Waals surface area contributed by atoms with Crippen molar-refractivity contribution in [2.75, 3.05) is 11.9 Å². The molecular formula is C13H12N2O5. The highest BCUT2D eigenvalue weighted by Gasteiger charge is 2.07. The molecule has 2 rings (SSSR count). The van der Waals surface area contributed by atoms with Gasteiger partial charge >= 0.3 is 5.97 Å². The Bertz CT molecular complexity index is 618. The standard InChI is InChI=1S/C13H12N2O5/c1-8-6-12(15-20-8)19-7-11(16)14-10-4-2-9(3-5-10)13(17)18/h2-6H,7H2,1H3,(H,14,16)(H,17,18). The summed E-state index contributed by atoms with van der Waals surface area (Å²) in [5.41, 5.74) is 0.636. The van der Waals surface area contributed by atoms with Crippen LogP contribution in [0.5, 0.6) is 5.88 Å². The van der Waals surface area contributed by atoms with Gasteiger partial charge in [-0.15, -0.1) is 0 Å². The van der Waals surface area contributed by atoms with Crippen molar-refractivity contribution >= 4 is 17.6 Å². The fourth-order valence-corrected chi connectivity index (χ4v) is 1.44. The van der Waals surface area contributed by atoms with E-state index in [2.05, 4.69) is 10.5 Å². The minimum atomic E-state index is -1.02. The summed E-state index contributed by atoms with van der Waals surface area (Å²) in [7, 11) is 0. The van der Waals surface area contributed by atoms with Gasteiger partial charge in [-0.3, -0.25) is 4.79 Å². The van der Waals surface area contributed by atoms with Gasteiger partial charge in [-0.05, 0) is 36.3 Å². The molecule has 0 aliphatic rings. The molecule has 2 N–H and O–H groups in total. The van der Waals surface area contributed by atoms with E-state index in [4.69, 9.17) is 14.4 Å². The number of benzene rings is 1. The lowest BCUT2D eigenvalue weighted by Crippen LogP contribution is -2.20. The molecule has 0 spiro atoms. The Morgan fingerprint density at radius 2 is 2.05 bits per heavy atom. The van der Waals surface area contributed by atoms with Crippen molar-refractivity contribution in [3.05, 3.63) is 41.7 Å². The number of aromatic nitrogens is 1. The minimum absolute atomic E-state index is 0.150. The average Bonchev–Trinajstić information content (AvgIpc) is 2.83. The van der Waals surface area contributed by atoms with Crippen molar-refractivity contribution in [1.82, 2.24) is 5.16 Å². The number of nitrogens with one attached hydrogen (secondary N) is 1. The van der Waals surface area contributed by atoms with Gasteiger partial charge in [0.1, 0.15) is 5.76 Å². The summed E-state index contributed by atoms with van der Waals surface area (Å²) < 4.78 is 9.90. The predicted octanol–water partition coefficient (Wildman–Crippen LogP) is 1.70. The van der Waals surface area contributed by atoms with Gasteiger partial charge in [0, 0.05) is 11.8 Å². The predicted molar refractivity (Wildman–Crippen MR) is 68.8 cm³/mol. The number of carboxylic acids is 1. The van der Waals surface area contributed by atoms with E-state index in [-0.39, 0.29) is 24.0 Å². The van der Waals surface area contributed by atoms with Crippen LogP contribution in [0.1, 0.15) is 16.1 Å². The molecule has 7 heteroatoms. The highest BCUT2D eigenvalue weighted by Crippen LogP contribution is 2.11. The van der Waals surface area contributed by atoms with Crippen LogP contribution in [-0.4, -0.2) is 28.7 Å². The summed E-state index contributed by atoms with van der Waals surface area (Å²) in [4.78, 5) is 22.3. The molecule has 0 atom stereocenters. The molecule has 0 aliphatic carbocycles. The number of ether oxygens (including phenoxy) is 1. The van der Waals surface area contributed by atoms with Crippen LogP contribution in [-0.2, 0) is 4.79 Å². The molecule has 0 unspecified atom stereocenters. The van der Waals surface area contributed by atoms with E-state index in [9.17, 15) is 9.59 Å². The number of carbonyl (C=O) groups is 2. The van der Waals surface area contributed by atoms with E-state index >= 15 is 0 Å². The van der Waals surface area contributed by atoms with Gasteiger partial charge in [0.2, 0.25) is 0 Å². The second kappa shape index (κ2) is 5.87. The number of hydrogen-bond acceptors (Lipinski definition) is 5. The van der Waals surface area contributed by atoms with Crippen LogP contribution < -0.4 is 10.1 Å². The smallest absolute Gasteiger partial charge is 0.335 e. The zero-order chi connectivity index (χ0) is 14.5. The lowest BCUT2D eigenvalue weighted by atomic mass is 10.2. The van der Waals surface area contributed by atoms with E-state index in [1.165, 1.54) is 24.3 Å². The second-order valence-electron chi connectivity index (χ2n) is 4.00. The first kappa shape index (κ1) is 13.6. The summed E-state index contributed by atoms with van der Waals surface area (Å²) in [6.45, 7) is 1.50. The summed E-state index contributed by atoms with van der Waals surface area (Å²) in [6, 6.07) is 7.37. The number of anilines is 1. The summed E-state index contributed by atoms with van der Waals surface area (Å²) in [5, 5.41) is 14.9. The van der Waals surface area contributed by atoms with Crippen molar-refractivity contribution in [2.24, 2.45) is 0 Å². The SMILES string of the molecule is Cc1cc(OCC(=O)Nc2ccc(C(=O)O)cc2)no1. The first-order valence-electron chi connectivity index (χ1n) is 5.74. The third kappa shape index (κ3) is 3.58. The van der Waals surface area contributed by atoms with Crippen molar-refractivity contribution < 1.29 is 24.0 Å². The Kier molecular flexibility index (Phi) is 3.99. The normalized spacial score (nSPS) is 10.1. The maximum atomic E-state index is 11.6. The molecule has 1 aromatic carbocycles. The molecule has 0 fully saturated rings. The van der Waals surface area contributed by atoms with Crippen molar-refractivity contribution in [3.63, 3.8) is 0 Å². The van der Waals surface area contributed by atoms with Crippen molar-refractivity contribution in [1.29, 1.82) is 0 Å². The van der Waals surface area contributed by atoms with Crippen LogP contribution in [0, 0.1) is 6.92 Å². The number of nitrogens with zero attached hydrogens (tertiary/aromatic N) is 1. The molecular weight excluding hydrogens is 264 g/mol. The fourth-order valence-electron chi connectivity index (χ4n) is 1.44. The third-order valence-electron chi connectivity index (χ3n) is 2.37. The number of aryl methyl sites for hydroxylation is 1. The van der Waals surface area contributed by atoms with Gasteiger partial charge in [0.25, 0.3) is 11.8 Å².